The number of carbonyl (C=O) groups excluding carboxylic acids is 1. The number of carbonyl (C=O) groups is 1. The Labute approximate surface area is 144 Å². The van der Waals surface area contributed by atoms with Crippen LogP contribution in [0.15, 0.2) is 0 Å². The fraction of sp³-hybridized carbons (Fsp3) is 0.923. The second-order valence-corrected chi connectivity index (χ2v) is 5.12. The summed E-state index contributed by atoms with van der Waals surface area (Å²) in [6, 6.07) is 0. The van der Waals surface area contributed by atoms with E-state index in [1.165, 1.54) is 0 Å². The van der Waals surface area contributed by atoms with Crippen LogP contribution in [0.1, 0.15) is 59.8 Å². The van der Waals surface area contributed by atoms with E-state index in [0.29, 0.717) is 0 Å². The second-order valence-electron chi connectivity index (χ2n) is 5.12. The summed E-state index contributed by atoms with van der Waals surface area (Å²) in [5, 5.41) is 3.82. The minimum atomic E-state index is 0. The molecule has 0 fully saturated rings. The topological polar surface area (TPSA) is 31.2 Å². The normalized spacial score (nSPS) is 12.8. The molecule has 0 aliphatic carbocycles. The number of hydrogen-bond donors (Lipinski definition) is 0. The molecule has 16 heavy (non-hydrogen) atoms. The zero-order valence-corrected chi connectivity index (χ0v) is 15.1. The molecule has 2 nitrogen and oxygen atoms in total. The third-order valence-electron chi connectivity index (χ3n) is 3.23. The second kappa shape index (κ2) is 10.1. The molecule has 1 unspecified atom stereocenters. The summed E-state index contributed by atoms with van der Waals surface area (Å²) in [5.74, 6) is 0.231. The molecule has 0 aliphatic rings. The van der Waals surface area contributed by atoms with Crippen molar-refractivity contribution in [3.63, 3.8) is 0 Å². The molecule has 0 N–H and O–H groups in total. The van der Waals surface area contributed by atoms with Gasteiger partial charge in [0.05, 0.1) is 5.91 Å². The predicted octanol–water partition coefficient (Wildman–Crippen LogP) is 1.15. The van der Waals surface area contributed by atoms with Gasteiger partial charge in [-0.25, -0.2) is 0 Å². The Balaban J connectivity index is 0. The average molecular weight is 251 g/mol. The Kier molecular flexibility index (Phi) is 12.2. The zero-order chi connectivity index (χ0) is 11.9. The fourth-order valence-electron chi connectivity index (χ4n) is 1.76. The van der Waals surface area contributed by atoms with E-state index in [-0.39, 0.29) is 68.6 Å². The van der Waals surface area contributed by atoms with Crippen LogP contribution in [0.2, 0.25) is 0 Å². The van der Waals surface area contributed by atoms with E-state index in [1.807, 2.05) is 0 Å². The molecule has 3 heteroatoms. The minimum absolute atomic E-state index is 0. The summed E-state index contributed by atoms with van der Waals surface area (Å²) in [5.41, 5.74) is 0.263. The Morgan fingerprint density at radius 3 is 2.25 bits per heavy atom. The Bertz CT molecular complexity index is 192. The van der Waals surface area contributed by atoms with E-state index in [2.05, 4.69) is 33.0 Å². The molecule has 0 radical (unpaired) electrons. The van der Waals surface area contributed by atoms with E-state index in [0.717, 1.165) is 32.1 Å². The van der Waals surface area contributed by atoms with Gasteiger partial charge in [-0.15, -0.1) is 7.05 Å². The number of nitrogens with zero attached hydrogens (tertiary/aromatic N) is 1. The number of rotatable bonds is 7. The molecule has 0 heterocycles. The molecular formula is C13H26KNO. The van der Waals surface area contributed by atoms with Crippen LogP contribution in [0.5, 0.6) is 0 Å². The van der Waals surface area contributed by atoms with Gasteiger partial charge in [-0.05, 0) is 18.3 Å². The van der Waals surface area contributed by atoms with E-state index < -0.39 is 0 Å². The average Bonchev–Trinajstić information content (AvgIpc) is 2.23. The van der Waals surface area contributed by atoms with Gasteiger partial charge in [-0.2, -0.15) is 0 Å². The van der Waals surface area contributed by atoms with Crippen LogP contribution in [0, 0.1) is 11.3 Å². The SMILES string of the molecule is CCCCC(CC(C)(C)CC)C(=O)[N-]C.[K+]. The van der Waals surface area contributed by atoms with Crippen molar-refractivity contribution in [2.24, 2.45) is 11.3 Å². The number of amides is 1. The molecular weight excluding hydrogens is 225 g/mol. The van der Waals surface area contributed by atoms with E-state index in [1.54, 1.807) is 7.05 Å². The number of unbranched alkanes of at least 4 members (excludes halogenated alkanes) is 1. The van der Waals surface area contributed by atoms with Crippen LogP contribution in [0.4, 0.5) is 0 Å². The summed E-state index contributed by atoms with van der Waals surface area (Å²) in [6.45, 7) is 8.81. The maximum absolute atomic E-state index is 11.6. The van der Waals surface area contributed by atoms with Gasteiger partial charge >= 0.3 is 51.4 Å². The van der Waals surface area contributed by atoms with Gasteiger partial charge < -0.3 is 10.1 Å². The minimum Gasteiger partial charge on any atom is -0.656 e. The first-order valence-electron chi connectivity index (χ1n) is 6.10. The van der Waals surface area contributed by atoms with Crippen LogP contribution < -0.4 is 51.4 Å². The van der Waals surface area contributed by atoms with Gasteiger partial charge in [0.1, 0.15) is 0 Å². The molecule has 0 bridgehead atoms. The molecule has 90 valence electrons. The van der Waals surface area contributed by atoms with Gasteiger partial charge in [-0.1, -0.05) is 47.0 Å². The van der Waals surface area contributed by atoms with Crippen LogP contribution in [0.25, 0.3) is 5.32 Å². The van der Waals surface area contributed by atoms with Crippen molar-refractivity contribution >= 4 is 5.91 Å². The first kappa shape index (κ1) is 19.4. The van der Waals surface area contributed by atoms with Crippen molar-refractivity contribution in [3.8, 4) is 0 Å². The smallest absolute Gasteiger partial charge is 0.656 e. The molecule has 0 rings (SSSR count). The summed E-state index contributed by atoms with van der Waals surface area (Å²) in [6.07, 6.45) is 5.37. The zero-order valence-electron chi connectivity index (χ0n) is 12.0. The van der Waals surface area contributed by atoms with Crippen molar-refractivity contribution in [1.29, 1.82) is 0 Å². The van der Waals surface area contributed by atoms with Crippen LogP contribution >= 0.6 is 0 Å². The quantitative estimate of drug-likeness (QED) is 0.625. The summed E-state index contributed by atoms with van der Waals surface area (Å²) in [4.78, 5) is 11.6. The molecule has 0 aromatic carbocycles. The summed E-state index contributed by atoms with van der Waals surface area (Å²) >= 11 is 0. The van der Waals surface area contributed by atoms with Crippen molar-refractivity contribution in [1.82, 2.24) is 0 Å². The maximum atomic E-state index is 11.6. The first-order chi connectivity index (χ1) is 6.96. The van der Waals surface area contributed by atoms with Crippen molar-refractivity contribution in [2.75, 3.05) is 7.05 Å². The molecule has 1 atom stereocenters. The van der Waals surface area contributed by atoms with Gasteiger partial charge in [0, 0.05) is 5.92 Å². The van der Waals surface area contributed by atoms with Gasteiger partial charge in [0.2, 0.25) is 0 Å². The van der Waals surface area contributed by atoms with E-state index in [9.17, 15) is 4.79 Å². The molecule has 0 saturated heterocycles. The fourth-order valence-corrected chi connectivity index (χ4v) is 1.76. The van der Waals surface area contributed by atoms with Crippen LogP contribution in [-0.2, 0) is 4.79 Å². The van der Waals surface area contributed by atoms with E-state index in [4.69, 9.17) is 0 Å². The van der Waals surface area contributed by atoms with Crippen molar-refractivity contribution in [2.45, 2.75) is 59.8 Å². The monoisotopic (exact) mass is 251 g/mol. The van der Waals surface area contributed by atoms with Gasteiger partial charge in [0.15, 0.2) is 0 Å². The third kappa shape index (κ3) is 8.23. The van der Waals surface area contributed by atoms with Crippen molar-refractivity contribution < 1.29 is 56.2 Å². The van der Waals surface area contributed by atoms with Gasteiger partial charge in [-0.3, -0.25) is 0 Å². The summed E-state index contributed by atoms with van der Waals surface area (Å²) in [7, 11) is 1.61. The standard InChI is InChI=1S/C13H27NO.K/c1-6-8-9-11(12(15)14-5)10-13(3,4)7-2;/h11H,6-10H2,1-5H3,(H,14,15);/q;+1/p-1. The Morgan fingerprint density at radius 2 is 1.88 bits per heavy atom. The molecule has 1 amide bonds. The van der Waals surface area contributed by atoms with Crippen LogP contribution in [-0.4, -0.2) is 13.0 Å². The van der Waals surface area contributed by atoms with E-state index >= 15 is 0 Å². The predicted molar refractivity (Wildman–Crippen MR) is 66.0 cm³/mol. The number of hydrogen-bond acceptors (Lipinski definition) is 1. The first-order valence-corrected chi connectivity index (χ1v) is 6.10. The molecule has 0 saturated carbocycles. The van der Waals surface area contributed by atoms with Gasteiger partial charge in [0.25, 0.3) is 0 Å². The Hall–Kier alpha value is 1.11. The molecule has 0 aromatic rings. The van der Waals surface area contributed by atoms with Crippen molar-refractivity contribution in [3.05, 3.63) is 5.32 Å². The van der Waals surface area contributed by atoms with Crippen LogP contribution in [0.3, 0.4) is 0 Å². The largest absolute Gasteiger partial charge is 1.00 e. The molecule has 0 aliphatic heterocycles. The summed E-state index contributed by atoms with van der Waals surface area (Å²) < 4.78 is 0. The maximum Gasteiger partial charge on any atom is 1.00 e. The molecule has 0 aromatic heterocycles. The third-order valence-corrected chi connectivity index (χ3v) is 3.23. The molecule has 0 spiro atoms. The Morgan fingerprint density at radius 1 is 1.31 bits per heavy atom.